The summed E-state index contributed by atoms with van der Waals surface area (Å²) < 4.78 is 21.5. The van der Waals surface area contributed by atoms with Gasteiger partial charge in [-0.2, -0.15) is 0 Å². The number of aromatic nitrogens is 2. The van der Waals surface area contributed by atoms with E-state index < -0.39 is 23.5 Å². The Hall–Kier alpha value is -2.85. The van der Waals surface area contributed by atoms with E-state index >= 15 is 0 Å². The van der Waals surface area contributed by atoms with Crippen molar-refractivity contribution in [2.45, 2.75) is 64.0 Å². The fourth-order valence-corrected chi connectivity index (χ4v) is 6.11. The minimum absolute atomic E-state index is 0.0450. The number of benzene rings is 1. The van der Waals surface area contributed by atoms with Crippen LogP contribution in [0.4, 0.5) is 4.39 Å². The van der Waals surface area contributed by atoms with E-state index in [9.17, 15) is 24.2 Å². The van der Waals surface area contributed by atoms with Crippen LogP contribution in [0.5, 0.6) is 0 Å². The molecule has 0 bridgehead atoms. The maximum absolute atomic E-state index is 14.8. The Bertz CT molecular complexity index is 1530. The number of carbonyl (C=O) groups is 1. The largest absolute Gasteiger partial charge is 0.458 e. The van der Waals surface area contributed by atoms with Crippen LogP contribution >= 0.6 is 11.6 Å². The van der Waals surface area contributed by atoms with E-state index in [1.807, 2.05) is 0 Å². The van der Waals surface area contributed by atoms with Gasteiger partial charge in [-0.05, 0) is 43.4 Å². The molecule has 6 rings (SSSR count). The van der Waals surface area contributed by atoms with Gasteiger partial charge in [0.15, 0.2) is 5.60 Å². The number of ether oxygens (including phenoxy) is 1. The second-order valence-electron chi connectivity index (χ2n) is 9.85. The first-order valence-corrected chi connectivity index (χ1v) is 12.5. The Morgan fingerprint density at radius 1 is 1.33 bits per heavy atom. The van der Waals surface area contributed by atoms with Crippen molar-refractivity contribution in [1.82, 2.24) is 14.9 Å². The van der Waals surface area contributed by atoms with Crippen LogP contribution < -0.4 is 10.9 Å². The van der Waals surface area contributed by atoms with E-state index in [-0.39, 0.29) is 47.3 Å². The van der Waals surface area contributed by atoms with E-state index in [0.29, 0.717) is 41.9 Å². The fraction of sp³-hybridized carbons (Fsp3) is 0.423. The minimum Gasteiger partial charge on any atom is -0.458 e. The summed E-state index contributed by atoms with van der Waals surface area (Å²) in [5.41, 5.74) is 1.97. The molecule has 0 unspecified atom stereocenters. The molecular weight excluding hydrogens is 489 g/mol. The Labute approximate surface area is 210 Å². The van der Waals surface area contributed by atoms with Gasteiger partial charge in [0.1, 0.15) is 12.4 Å². The van der Waals surface area contributed by atoms with Gasteiger partial charge in [-0.15, -0.1) is 0 Å². The number of carbonyl (C=O) groups excluding carboxylic acids is 1. The molecule has 1 aliphatic carbocycles. The van der Waals surface area contributed by atoms with Gasteiger partial charge in [-0.1, -0.05) is 18.5 Å². The predicted molar refractivity (Wildman–Crippen MR) is 130 cm³/mol. The third-order valence-electron chi connectivity index (χ3n) is 7.70. The first kappa shape index (κ1) is 23.5. The van der Waals surface area contributed by atoms with Crippen LogP contribution in [0.1, 0.15) is 60.5 Å². The number of aliphatic hydroxyl groups excluding tert-OH is 1. The van der Waals surface area contributed by atoms with Gasteiger partial charge in [0.2, 0.25) is 0 Å². The van der Waals surface area contributed by atoms with E-state index in [1.165, 1.54) is 6.07 Å². The van der Waals surface area contributed by atoms with Crippen molar-refractivity contribution < 1.29 is 24.1 Å². The molecule has 3 atom stereocenters. The highest BCUT2D eigenvalue weighted by Crippen LogP contribution is 2.46. The maximum Gasteiger partial charge on any atom is 0.343 e. The number of fused-ring (bicyclic) bond motifs is 5. The fourth-order valence-electron chi connectivity index (χ4n) is 5.87. The van der Waals surface area contributed by atoms with E-state index in [1.54, 1.807) is 24.5 Å². The molecule has 2 aliphatic heterocycles. The first-order chi connectivity index (χ1) is 17.2. The molecule has 1 aromatic carbocycles. The number of halogens is 2. The second-order valence-corrected chi connectivity index (χ2v) is 10.2. The molecule has 36 heavy (non-hydrogen) atoms. The molecule has 3 aliphatic rings. The molecule has 8 nitrogen and oxygen atoms in total. The number of rotatable bonds is 4. The van der Waals surface area contributed by atoms with Crippen molar-refractivity contribution in [3.63, 3.8) is 0 Å². The monoisotopic (exact) mass is 513 g/mol. The lowest BCUT2D eigenvalue weighted by atomic mass is 9.83. The first-order valence-electron chi connectivity index (χ1n) is 12.1. The minimum atomic E-state index is -1.93. The number of pyridine rings is 2. The molecule has 4 heterocycles. The highest BCUT2D eigenvalue weighted by Gasteiger charge is 2.46. The lowest BCUT2D eigenvalue weighted by Gasteiger charge is -2.31. The van der Waals surface area contributed by atoms with Gasteiger partial charge in [-0.3, -0.25) is 4.79 Å². The second kappa shape index (κ2) is 8.08. The van der Waals surface area contributed by atoms with Gasteiger partial charge >= 0.3 is 5.97 Å². The van der Waals surface area contributed by atoms with Crippen LogP contribution in [0.3, 0.4) is 0 Å². The molecule has 0 spiro atoms. The lowest BCUT2D eigenvalue weighted by molar-refractivity contribution is -0.172. The molecule has 3 aromatic rings. The quantitative estimate of drug-likeness (QED) is 0.360. The van der Waals surface area contributed by atoms with Crippen LogP contribution in [0.2, 0.25) is 5.02 Å². The Morgan fingerprint density at radius 3 is 2.83 bits per heavy atom. The number of nitrogens with zero attached hydrogens (tertiary/aromatic N) is 2. The van der Waals surface area contributed by atoms with Crippen LogP contribution in [0.25, 0.3) is 22.3 Å². The zero-order chi connectivity index (χ0) is 25.5. The molecule has 0 radical (unpaired) electrons. The number of hydrogen-bond donors (Lipinski definition) is 3. The normalized spacial score (nSPS) is 22.7. The highest BCUT2D eigenvalue weighted by molar-refractivity contribution is 6.32. The number of esters is 1. The SMILES string of the molecule is CC[C@@]1(O)C(=O)OCc2c1cc1n(c2=O)Cc2c-1nc1cc(F)c(Cl)c3c1c2[C@H](NC[C@H](C)O)CC3. The molecule has 188 valence electrons. The third-order valence-corrected chi connectivity index (χ3v) is 8.11. The molecular formula is C26H25ClFN3O5. The molecule has 2 aromatic heterocycles. The number of hydrogen-bond acceptors (Lipinski definition) is 7. The summed E-state index contributed by atoms with van der Waals surface area (Å²) in [7, 11) is 0. The van der Waals surface area contributed by atoms with Crippen molar-refractivity contribution in [2.75, 3.05) is 6.54 Å². The zero-order valence-electron chi connectivity index (χ0n) is 19.8. The Morgan fingerprint density at radius 2 is 2.11 bits per heavy atom. The summed E-state index contributed by atoms with van der Waals surface area (Å²) >= 11 is 6.37. The molecule has 0 saturated heterocycles. The predicted octanol–water partition coefficient (Wildman–Crippen LogP) is 2.83. The number of nitrogens with one attached hydrogen (secondary N) is 1. The lowest BCUT2D eigenvalue weighted by Crippen LogP contribution is -2.44. The Balaban J connectivity index is 1.64. The summed E-state index contributed by atoms with van der Waals surface area (Å²) in [6, 6.07) is 2.79. The van der Waals surface area contributed by atoms with Crippen LogP contribution in [0, 0.1) is 5.82 Å². The van der Waals surface area contributed by atoms with Gasteiger partial charge < -0.3 is 24.8 Å². The van der Waals surface area contributed by atoms with E-state index in [4.69, 9.17) is 21.3 Å². The number of cyclic esters (lactones) is 1. The zero-order valence-corrected chi connectivity index (χ0v) is 20.6. The third kappa shape index (κ3) is 3.13. The Kier molecular flexibility index (Phi) is 5.28. The highest BCUT2D eigenvalue weighted by atomic mass is 35.5. The number of aryl methyl sites for hydroxylation is 1. The summed E-state index contributed by atoms with van der Waals surface area (Å²) in [5.74, 6) is -1.35. The summed E-state index contributed by atoms with van der Waals surface area (Å²) in [5, 5.41) is 25.2. The van der Waals surface area contributed by atoms with E-state index in [2.05, 4.69) is 5.32 Å². The molecule has 0 amide bonds. The summed E-state index contributed by atoms with van der Waals surface area (Å²) in [6.45, 7) is 3.72. The van der Waals surface area contributed by atoms with Crippen molar-refractivity contribution in [3.8, 4) is 11.4 Å². The van der Waals surface area contributed by atoms with Crippen molar-refractivity contribution in [2.24, 2.45) is 0 Å². The van der Waals surface area contributed by atoms with Gasteiger partial charge in [0, 0.05) is 35.2 Å². The maximum atomic E-state index is 14.8. The van der Waals surface area contributed by atoms with Crippen LogP contribution in [-0.2, 0) is 34.7 Å². The standard InChI is InChI=1S/C26H25ClFN3O5/c1-3-26(35)15-6-19-23-13(9-31(19)24(33)14(15)10-36-25(26)34)21-17(29-8-11(2)32)5-4-12-20(21)18(30-23)7-16(28)22(12)27/h6-7,11,17,29,32,35H,3-5,8-10H2,1-2H3/t11-,17+,26-/m0/s1. The summed E-state index contributed by atoms with van der Waals surface area (Å²) in [4.78, 5) is 30.8. The molecule has 10 heteroatoms. The number of aliphatic hydroxyl groups is 2. The average Bonchev–Trinajstić information content (AvgIpc) is 3.22. The van der Waals surface area contributed by atoms with Gasteiger partial charge in [0.25, 0.3) is 5.56 Å². The van der Waals surface area contributed by atoms with Crippen LogP contribution in [-0.4, -0.2) is 38.4 Å². The van der Waals surface area contributed by atoms with E-state index in [0.717, 1.165) is 16.5 Å². The average molecular weight is 514 g/mol. The van der Waals surface area contributed by atoms with Gasteiger partial charge in [0.05, 0.1) is 40.1 Å². The summed E-state index contributed by atoms with van der Waals surface area (Å²) in [6.07, 6.45) is 0.657. The van der Waals surface area contributed by atoms with Crippen molar-refractivity contribution in [3.05, 3.63) is 61.1 Å². The topological polar surface area (TPSA) is 114 Å². The smallest absolute Gasteiger partial charge is 0.343 e. The van der Waals surface area contributed by atoms with Gasteiger partial charge in [-0.25, -0.2) is 14.2 Å². The van der Waals surface area contributed by atoms with Crippen molar-refractivity contribution >= 4 is 28.5 Å². The molecule has 0 saturated carbocycles. The van der Waals surface area contributed by atoms with Crippen LogP contribution in [0.15, 0.2) is 16.9 Å². The molecule has 0 fully saturated rings. The van der Waals surface area contributed by atoms with Crippen molar-refractivity contribution in [1.29, 1.82) is 0 Å². The molecule has 3 N–H and O–H groups in total.